The lowest BCUT2D eigenvalue weighted by Gasteiger charge is -1.90. The van der Waals surface area contributed by atoms with Crippen molar-refractivity contribution in [1.82, 2.24) is 4.90 Å². The van der Waals surface area contributed by atoms with Crippen molar-refractivity contribution in [1.29, 1.82) is 0 Å². The van der Waals surface area contributed by atoms with E-state index in [1.165, 1.54) is 6.42 Å². The Kier molecular flexibility index (Phi) is 13.4. The van der Waals surface area contributed by atoms with Crippen molar-refractivity contribution in [3.05, 3.63) is 0 Å². The summed E-state index contributed by atoms with van der Waals surface area (Å²) in [4.78, 5) is 2.00. The van der Waals surface area contributed by atoms with Crippen molar-refractivity contribution in [2.75, 3.05) is 21.1 Å². The largest absolute Gasteiger partial charge is 0.312 e. The quantitative estimate of drug-likeness (QED) is 0.454. The number of hydrogen-bond acceptors (Lipinski definition) is 1. The minimum Gasteiger partial charge on any atom is -0.312 e. The van der Waals surface area contributed by atoms with Crippen molar-refractivity contribution in [3.63, 3.8) is 0 Å². The first kappa shape index (κ1) is 10.0. The van der Waals surface area contributed by atoms with Crippen LogP contribution in [0.5, 0.6) is 0 Å². The lowest BCUT2D eigenvalue weighted by Crippen LogP contribution is -1.99. The molecule has 0 aliphatic heterocycles. The first-order chi connectivity index (χ1) is 3.15. The van der Waals surface area contributed by atoms with Crippen molar-refractivity contribution in [3.8, 4) is 0 Å². The Labute approximate surface area is 48.8 Å². The van der Waals surface area contributed by atoms with Gasteiger partial charge in [0.15, 0.2) is 0 Å². The van der Waals surface area contributed by atoms with Gasteiger partial charge in [0.2, 0.25) is 0 Å². The molecule has 1 nitrogen and oxygen atoms in total. The average Bonchev–Trinajstić information content (AvgIpc) is 1.33. The second-order valence-electron chi connectivity index (χ2n) is 2.05. The number of nitrogens with zero attached hydrogens (tertiary/aromatic N) is 1. The fourth-order valence-electron chi connectivity index (χ4n) is 0. The summed E-state index contributed by atoms with van der Waals surface area (Å²) < 4.78 is 0. The van der Waals surface area contributed by atoms with E-state index in [0.717, 1.165) is 0 Å². The maximum atomic E-state index is 2.12. The molecule has 0 amide bonds. The fraction of sp³-hybridized carbons (Fsp3) is 1.00. The highest BCUT2D eigenvalue weighted by atomic mass is 15.0. The molecule has 0 aromatic heterocycles. The third-order valence-electron chi connectivity index (χ3n) is 0. The van der Waals surface area contributed by atoms with Gasteiger partial charge in [-0.1, -0.05) is 20.3 Å². The highest BCUT2D eigenvalue weighted by Gasteiger charge is 1.58. The third-order valence-corrected chi connectivity index (χ3v) is 0. The molecule has 0 aromatic carbocycles. The molecular weight excluding hydrogens is 86.1 g/mol. The van der Waals surface area contributed by atoms with Gasteiger partial charge in [-0.3, -0.25) is 0 Å². The minimum atomic E-state index is 0. The molecule has 0 bridgehead atoms. The van der Waals surface area contributed by atoms with Gasteiger partial charge in [0.05, 0.1) is 0 Å². The van der Waals surface area contributed by atoms with Crippen LogP contribution in [0.3, 0.4) is 0 Å². The molecule has 0 atom stereocenters. The number of rotatable bonds is 0. The van der Waals surface area contributed by atoms with Crippen LogP contribution in [0, 0.1) is 0 Å². The molecule has 0 saturated carbocycles. The van der Waals surface area contributed by atoms with Crippen LogP contribution >= 0.6 is 0 Å². The minimum absolute atomic E-state index is 0. The van der Waals surface area contributed by atoms with E-state index in [1.807, 2.05) is 26.0 Å². The van der Waals surface area contributed by atoms with Crippen LogP contribution in [-0.2, 0) is 0 Å². The Hall–Kier alpha value is -0.0400. The van der Waals surface area contributed by atoms with Gasteiger partial charge in [-0.05, 0) is 21.1 Å². The Morgan fingerprint density at radius 1 is 1.14 bits per heavy atom. The monoisotopic (exact) mass is 105 g/mol. The molecule has 0 unspecified atom stereocenters. The molecule has 1 heteroatoms. The molecule has 7 heavy (non-hydrogen) atoms. The zero-order valence-corrected chi connectivity index (χ0v) is 6.15. The molecule has 0 rings (SSSR count). The summed E-state index contributed by atoms with van der Waals surface area (Å²) in [5.74, 6) is 0. The fourth-order valence-corrected chi connectivity index (χ4v) is 0. The smallest absolute Gasteiger partial charge is 0 e. The molecule has 0 aliphatic carbocycles. The lowest BCUT2D eigenvalue weighted by molar-refractivity contribution is 0.505. The number of hydrogen-bond donors (Lipinski definition) is 0. The zero-order valence-electron chi connectivity index (χ0n) is 6.15. The van der Waals surface area contributed by atoms with E-state index in [1.54, 1.807) is 0 Å². The van der Waals surface area contributed by atoms with Gasteiger partial charge in [-0.15, -0.1) is 0 Å². The van der Waals surface area contributed by atoms with Gasteiger partial charge in [-0.25, -0.2) is 0 Å². The molecule has 0 aliphatic rings. The van der Waals surface area contributed by atoms with E-state index < -0.39 is 0 Å². The summed E-state index contributed by atoms with van der Waals surface area (Å²) in [5, 5.41) is 0. The maximum Gasteiger partial charge on any atom is 0 e. The average molecular weight is 105 g/mol. The van der Waals surface area contributed by atoms with Gasteiger partial charge < -0.3 is 4.90 Å². The normalized spacial score (nSPS) is 7.71. The van der Waals surface area contributed by atoms with Crippen LogP contribution in [0.2, 0.25) is 0 Å². The SMILES string of the molecule is CCC.CN(C)C.[HH]. The summed E-state index contributed by atoms with van der Waals surface area (Å²) in [5.41, 5.74) is 0. The molecular formula is C6H19N. The van der Waals surface area contributed by atoms with E-state index in [4.69, 9.17) is 0 Å². The van der Waals surface area contributed by atoms with E-state index in [9.17, 15) is 0 Å². The zero-order chi connectivity index (χ0) is 6.28. The topological polar surface area (TPSA) is 3.24 Å². The van der Waals surface area contributed by atoms with E-state index in [2.05, 4.69) is 13.8 Å². The predicted molar refractivity (Wildman–Crippen MR) is 37.7 cm³/mol. The lowest BCUT2D eigenvalue weighted by atomic mass is 10.6. The molecule has 48 valence electrons. The maximum absolute atomic E-state index is 2.12. The molecule has 0 fully saturated rings. The summed E-state index contributed by atoms with van der Waals surface area (Å²) in [6.45, 7) is 4.25. The van der Waals surface area contributed by atoms with Gasteiger partial charge >= 0.3 is 0 Å². The molecule has 0 heterocycles. The van der Waals surface area contributed by atoms with Crippen LogP contribution in [0.25, 0.3) is 0 Å². The summed E-state index contributed by atoms with van der Waals surface area (Å²) in [7, 11) is 6.00. The summed E-state index contributed by atoms with van der Waals surface area (Å²) in [6.07, 6.45) is 1.25. The Bertz CT molecular complexity index is 19.7. The van der Waals surface area contributed by atoms with Crippen molar-refractivity contribution < 1.29 is 1.43 Å². The third kappa shape index (κ3) is 58400. The van der Waals surface area contributed by atoms with Crippen molar-refractivity contribution in [2.24, 2.45) is 0 Å². The van der Waals surface area contributed by atoms with Gasteiger partial charge in [-0.2, -0.15) is 0 Å². The van der Waals surface area contributed by atoms with Crippen LogP contribution in [0.1, 0.15) is 21.7 Å². The second kappa shape index (κ2) is 9.35. The second-order valence-corrected chi connectivity index (χ2v) is 2.05. The molecule has 0 saturated heterocycles. The van der Waals surface area contributed by atoms with Gasteiger partial charge in [0.25, 0.3) is 0 Å². The molecule has 0 aromatic rings. The Balaban J connectivity index is -0.0000000575. The van der Waals surface area contributed by atoms with Crippen LogP contribution in [-0.4, -0.2) is 26.0 Å². The standard InChI is InChI=1S/C3H9N.C3H8.H2/c1-4(2)3;1-3-2;/h1-3H3;3H2,1-2H3;1H. The highest BCUT2D eigenvalue weighted by molar-refractivity contribution is 4.09. The van der Waals surface area contributed by atoms with Crippen molar-refractivity contribution >= 4 is 0 Å². The Morgan fingerprint density at radius 2 is 1.14 bits per heavy atom. The van der Waals surface area contributed by atoms with Gasteiger partial charge in [0.1, 0.15) is 0 Å². The van der Waals surface area contributed by atoms with Crippen LogP contribution < -0.4 is 0 Å². The molecule has 0 spiro atoms. The predicted octanol–water partition coefficient (Wildman–Crippen LogP) is 1.84. The highest BCUT2D eigenvalue weighted by Crippen LogP contribution is 1.56. The van der Waals surface area contributed by atoms with E-state index in [-0.39, 0.29) is 1.43 Å². The molecule has 0 N–H and O–H groups in total. The first-order valence-electron chi connectivity index (χ1n) is 2.76. The van der Waals surface area contributed by atoms with Crippen LogP contribution in [0.4, 0.5) is 0 Å². The molecule has 0 radical (unpaired) electrons. The first-order valence-corrected chi connectivity index (χ1v) is 2.76. The summed E-state index contributed by atoms with van der Waals surface area (Å²) >= 11 is 0. The van der Waals surface area contributed by atoms with E-state index in [0.29, 0.717) is 0 Å². The van der Waals surface area contributed by atoms with Crippen LogP contribution in [0.15, 0.2) is 0 Å². The Morgan fingerprint density at radius 3 is 1.14 bits per heavy atom. The summed E-state index contributed by atoms with van der Waals surface area (Å²) in [6, 6.07) is 0. The van der Waals surface area contributed by atoms with Crippen molar-refractivity contribution in [2.45, 2.75) is 20.3 Å². The van der Waals surface area contributed by atoms with E-state index >= 15 is 0 Å². The van der Waals surface area contributed by atoms with Gasteiger partial charge in [0, 0.05) is 1.43 Å².